The molecular weight excluding hydrogens is 131 g/mol. The summed E-state index contributed by atoms with van der Waals surface area (Å²) in [7, 11) is 1.31. The van der Waals surface area contributed by atoms with Crippen LogP contribution in [0.5, 0.6) is 0 Å². The molecule has 0 aromatic carbocycles. The zero-order valence-electron chi connectivity index (χ0n) is 5.42. The summed E-state index contributed by atoms with van der Waals surface area (Å²) >= 11 is 0. The highest BCUT2D eigenvalue weighted by Gasteiger charge is 2.36. The molecule has 0 heterocycles. The van der Waals surface area contributed by atoms with Crippen molar-refractivity contribution in [2.45, 2.75) is 25.6 Å². The highest BCUT2D eigenvalue weighted by molar-refractivity contribution is 4.70. The van der Waals surface area contributed by atoms with Gasteiger partial charge in [-0.3, -0.25) is 0 Å². The minimum atomic E-state index is -4.09. The Kier molecular flexibility index (Phi) is 2.97. The predicted octanol–water partition coefficient (Wildman–Crippen LogP) is 1.55. The summed E-state index contributed by atoms with van der Waals surface area (Å²) in [4.78, 5) is 0. The molecule has 0 aliphatic rings. The second-order valence-electron chi connectivity index (χ2n) is 1.79. The van der Waals surface area contributed by atoms with Gasteiger partial charge in [-0.25, -0.2) is 0 Å². The van der Waals surface area contributed by atoms with Crippen molar-refractivity contribution in [3.05, 3.63) is 0 Å². The van der Waals surface area contributed by atoms with E-state index in [2.05, 4.69) is 5.32 Å². The summed E-state index contributed by atoms with van der Waals surface area (Å²) in [6, 6.07) is -1.35. The van der Waals surface area contributed by atoms with Gasteiger partial charge in [0.2, 0.25) is 0 Å². The minimum absolute atomic E-state index is 0.0833. The first kappa shape index (κ1) is 8.75. The minimum Gasteiger partial charge on any atom is -0.309 e. The van der Waals surface area contributed by atoms with Gasteiger partial charge >= 0.3 is 6.18 Å². The molecule has 9 heavy (non-hydrogen) atoms. The van der Waals surface area contributed by atoms with Gasteiger partial charge in [0.05, 0.1) is 0 Å². The average molecular weight is 141 g/mol. The fraction of sp³-hybridized carbons (Fsp3) is 1.00. The first-order chi connectivity index (χ1) is 4.02. The second-order valence-corrected chi connectivity index (χ2v) is 1.79. The van der Waals surface area contributed by atoms with E-state index in [9.17, 15) is 13.2 Å². The maximum Gasteiger partial charge on any atom is 0.403 e. The van der Waals surface area contributed by atoms with Crippen LogP contribution in [0.1, 0.15) is 13.3 Å². The number of hydrogen-bond donors (Lipinski definition) is 1. The van der Waals surface area contributed by atoms with E-state index in [0.29, 0.717) is 0 Å². The lowest BCUT2D eigenvalue weighted by Gasteiger charge is -2.16. The van der Waals surface area contributed by atoms with E-state index in [-0.39, 0.29) is 6.42 Å². The Bertz CT molecular complexity index is 74.8. The second kappa shape index (κ2) is 3.06. The molecule has 0 saturated heterocycles. The Morgan fingerprint density at radius 1 is 1.44 bits per heavy atom. The molecule has 1 N–H and O–H groups in total. The molecular formula is C5H10F3N. The fourth-order valence-corrected chi connectivity index (χ4v) is 0.599. The van der Waals surface area contributed by atoms with E-state index in [0.717, 1.165) is 0 Å². The van der Waals surface area contributed by atoms with Gasteiger partial charge < -0.3 is 5.32 Å². The summed E-state index contributed by atoms with van der Waals surface area (Å²) < 4.78 is 35.0. The molecule has 56 valence electrons. The van der Waals surface area contributed by atoms with Crippen molar-refractivity contribution in [2.75, 3.05) is 7.05 Å². The lowest BCUT2D eigenvalue weighted by molar-refractivity contribution is -0.154. The normalized spacial score (nSPS) is 15.7. The first-order valence-corrected chi connectivity index (χ1v) is 2.76. The summed E-state index contributed by atoms with van der Waals surface area (Å²) in [5, 5.41) is 2.17. The van der Waals surface area contributed by atoms with Crippen LogP contribution >= 0.6 is 0 Å². The number of rotatable bonds is 2. The molecule has 0 aromatic heterocycles. The van der Waals surface area contributed by atoms with Gasteiger partial charge in [-0.05, 0) is 13.5 Å². The lowest BCUT2D eigenvalue weighted by Crippen LogP contribution is -2.39. The van der Waals surface area contributed by atoms with Crippen LogP contribution in [0.15, 0.2) is 0 Å². The van der Waals surface area contributed by atoms with Crippen molar-refractivity contribution in [3.8, 4) is 0 Å². The van der Waals surface area contributed by atoms with Gasteiger partial charge in [0, 0.05) is 0 Å². The van der Waals surface area contributed by atoms with Crippen molar-refractivity contribution in [2.24, 2.45) is 0 Å². The Labute approximate surface area is 52.2 Å². The fourth-order valence-electron chi connectivity index (χ4n) is 0.599. The molecule has 0 fully saturated rings. The highest BCUT2D eigenvalue weighted by Crippen LogP contribution is 2.21. The van der Waals surface area contributed by atoms with Crippen LogP contribution in [-0.4, -0.2) is 19.3 Å². The number of alkyl halides is 3. The van der Waals surface area contributed by atoms with E-state index < -0.39 is 12.2 Å². The maximum atomic E-state index is 11.7. The highest BCUT2D eigenvalue weighted by atomic mass is 19.4. The van der Waals surface area contributed by atoms with Crippen LogP contribution in [0.3, 0.4) is 0 Å². The van der Waals surface area contributed by atoms with Gasteiger partial charge in [0.15, 0.2) is 0 Å². The molecule has 0 bridgehead atoms. The van der Waals surface area contributed by atoms with E-state index in [4.69, 9.17) is 0 Å². The van der Waals surface area contributed by atoms with Crippen molar-refractivity contribution >= 4 is 0 Å². The maximum absolute atomic E-state index is 11.7. The molecule has 0 radical (unpaired) electrons. The summed E-state index contributed by atoms with van der Waals surface area (Å²) in [5.74, 6) is 0. The Hall–Kier alpha value is -0.250. The lowest BCUT2D eigenvalue weighted by atomic mass is 10.2. The van der Waals surface area contributed by atoms with Crippen LogP contribution in [0, 0.1) is 0 Å². The van der Waals surface area contributed by atoms with Gasteiger partial charge in [0.1, 0.15) is 6.04 Å². The van der Waals surface area contributed by atoms with E-state index in [1.165, 1.54) is 14.0 Å². The molecule has 0 saturated carbocycles. The monoisotopic (exact) mass is 141 g/mol. The number of halogens is 3. The molecule has 0 amide bonds. The third-order valence-electron chi connectivity index (χ3n) is 1.15. The van der Waals surface area contributed by atoms with Crippen molar-refractivity contribution in [1.29, 1.82) is 0 Å². The molecule has 0 aliphatic carbocycles. The summed E-state index contributed by atoms with van der Waals surface area (Å²) in [6.45, 7) is 1.49. The molecule has 1 unspecified atom stereocenters. The van der Waals surface area contributed by atoms with Crippen molar-refractivity contribution < 1.29 is 13.2 Å². The quantitative estimate of drug-likeness (QED) is 0.615. The SMILES string of the molecule is CCC(NC)C(F)(F)F. The number of hydrogen-bond acceptors (Lipinski definition) is 1. The zero-order chi connectivity index (χ0) is 7.49. The average Bonchev–Trinajstić information content (AvgIpc) is 1.65. The van der Waals surface area contributed by atoms with Gasteiger partial charge in [-0.15, -0.1) is 0 Å². The molecule has 0 rings (SSSR count). The van der Waals surface area contributed by atoms with E-state index >= 15 is 0 Å². The van der Waals surface area contributed by atoms with Crippen LogP contribution < -0.4 is 5.32 Å². The van der Waals surface area contributed by atoms with Crippen LogP contribution in [0.25, 0.3) is 0 Å². The third-order valence-corrected chi connectivity index (χ3v) is 1.15. The van der Waals surface area contributed by atoms with E-state index in [1.54, 1.807) is 0 Å². The molecule has 1 nitrogen and oxygen atoms in total. The van der Waals surface area contributed by atoms with Crippen LogP contribution in [-0.2, 0) is 0 Å². The largest absolute Gasteiger partial charge is 0.403 e. The van der Waals surface area contributed by atoms with Crippen molar-refractivity contribution in [1.82, 2.24) is 5.32 Å². The molecule has 0 aliphatic heterocycles. The van der Waals surface area contributed by atoms with Gasteiger partial charge in [-0.1, -0.05) is 6.92 Å². The zero-order valence-corrected chi connectivity index (χ0v) is 5.42. The molecule has 0 spiro atoms. The Morgan fingerprint density at radius 2 is 1.89 bits per heavy atom. The Balaban J connectivity index is 3.79. The Morgan fingerprint density at radius 3 is 1.89 bits per heavy atom. The smallest absolute Gasteiger partial charge is 0.309 e. The summed E-state index contributed by atoms with van der Waals surface area (Å²) in [5.41, 5.74) is 0. The van der Waals surface area contributed by atoms with Gasteiger partial charge in [0.25, 0.3) is 0 Å². The van der Waals surface area contributed by atoms with Gasteiger partial charge in [-0.2, -0.15) is 13.2 Å². The van der Waals surface area contributed by atoms with Crippen LogP contribution in [0.4, 0.5) is 13.2 Å². The molecule has 4 heteroatoms. The first-order valence-electron chi connectivity index (χ1n) is 2.76. The molecule has 1 atom stereocenters. The van der Waals surface area contributed by atoms with Crippen molar-refractivity contribution in [3.63, 3.8) is 0 Å². The topological polar surface area (TPSA) is 12.0 Å². The molecule has 0 aromatic rings. The summed E-state index contributed by atoms with van der Waals surface area (Å²) in [6.07, 6.45) is -4.01. The number of nitrogens with one attached hydrogen (secondary N) is 1. The predicted molar refractivity (Wildman–Crippen MR) is 29.2 cm³/mol. The van der Waals surface area contributed by atoms with E-state index in [1.807, 2.05) is 0 Å². The third kappa shape index (κ3) is 2.70. The standard InChI is InChI=1S/C5H10F3N/c1-3-4(9-2)5(6,7)8/h4,9H,3H2,1-2H3. The van der Waals surface area contributed by atoms with Crippen LogP contribution in [0.2, 0.25) is 0 Å².